The van der Waals surface area contributed by atoms with Crippen LogP contribution < -0.4 is 4.74 Å². The van der Waals surface area contributed by atoms with Crippen LogP contribution in [0.25, 0.3) is 33.3 Å². The maximum Gasteiger partial charge on any atom is 0.161 e. The van der Waals surface area contributed by atoms with Gasteiger partial charge in [-0.05, 0) is 41.5 Å². The number of aromatic nitrogens is 2. The van der Waals surface area contributed by atoms with Gasteiger partial charge in [0.05, 0.1) is 7.11 Å². The minimum absolute atomic E-state index is 0.103. The molecule has 2 heterocycles. The molecule has 3 N–H and O–H groups in total. The average Bonchev–Trinajstić information content (AvgIpc) is 3.06. The largest absolute Gasteiger partial charge is 0.508 e. The Hall–Kier alpha value is -3.47. The molecule has 0 atom stereocenters. The molecule has 25 heavy (non-hydrogen) atoms. The third kappa shape index (κ3) is 2.65. The Kier molecular flexibility index (Phi) is 3.54. The average molecular weight is 332 g/mol. The van der Waals surface area contributed by atoms with E-state index in [-0.39, 0.29) is 11.5 Å². The summed E-state index contributed by atoms with van der Waals surface area (Å²) in [5.41, 5.74) is 4.62. The van der Waals surface area contributed by atoms with Gasteiger partial charge < -0.3 is 19.9 Å². The van der Waals surface area contributed by atoms with Crippen LogP contribution in [0.5, 0.6) is 17.2 Å². The molecule has 0 unspecified atom stereocenters. The number of aromatic amines is 1. The van der Waals surface area contributed by atoms with Crippen molar-refractivity contribution in [1.29, 1.82) is 0 Å². The minimum atomic E-state index is 0.103. The van der Waals surface area contributed by atoms with Crippen LogP contribution in [0.2, 0.25) is 0 Å². The van der Waals surface area contributed by atoms with Crippen molar-refractivity contribution in [1.82, 2.24) is 9.97 Å². The number of nitrogens with zero attached hydrogens (tertiary/aromatic N) is 1. The number of fused-ring (bicyclic) bond motifs is 1. The summed E-state index contributed by atoms with van der Waals surface area (Å²) in [6.07, 6.45) is 3.69. The van der Waals surface area contributed by atoms with Gasteiger partial charge in [-0.1, -0.05) is 18.2 Å². The fraction of sp³-hybridized carbons (Fsp3) is 0.0500. The molecule has 2 aromatic heterocycles. The molecule has 4 aromatic rings. The Labute approximate surface area is 144 Å². The van der Waals surface area contributed by atoms with Crippen molar-refractivity contribution in [3.05, 3.63) is 60.9 Å². The van der Waals surface area contributed by atoms with Crippen LogP contribution in [0, 0.1) is 0 Å². The molecule has 0 aliphatic carbocycles. The van der Waals surface area contributed by atoms with Crippen LogP contribution in [0.4, 0.5) is 0 Å². The molecule has 0 spiro atoms. The summed E-state index contributed by atoms with van der Waals surface area (Å²) in [7, 11) is 1.52. The van der Waals surface area contributed by atoms with Gasteiger partial charge in [0.15, 0.2) is 11.5 Å². The zero-order valence-electron chi connectivity index (χ0n) is 13.5. The predicted molar refractivity (Wildman–Crippen MR) is 96.8 cm³/mol. The first-order valence-electron chi connectivity index (χ1n) is 7.79. The molecule has 0 saturated carbocycles. The van der Waals surface area contributed by atoms with E-state index in [1.807, 2.05) is 30.5 Å². The van der Waals surface area contributed by atoms with Crippen molar-refractivity contribution in [3.8, 4) is 39.5 Å². The molecule has 0 amide bonds. The van der Waals surface area contributed by atoms with Crippen LogP contribution in [0.3, 0.4) is 0 Å². The van der Waals surface area contributed by atoms with Crippen LogP contribution >= 0.6 is 0 Å². The highest BCUT2D eigenvalue weighted by Crippen LogP contribution is 2.34. The van der Waals surface area contributed by atoms with E-state index in [2.05, 4.69) is 9.97 Å². The number of hydrogen-bond donors (Lipinski definition) is 3. The first-order chi connectivity index (χ1) is 12.2. The number of ether oxygens (including phenoxy) is 1. The number of benzene rings is 2. The zero-order chi connectivity index (χ0) is 17.4. The molecule has 5 nitrogen and oxygen atoms in total. The summed E-state index contributed by atoms with van der Waals surface area (Å²) in [5.74, 6) is 0.760. The molecule has 0 aliphatic heterocycles. The van der Waals surface area contributed by atoms with Gasteiger partial charge >= 0.3 is 0 Å². The number of H-pyrrole nitrogens is 1. The second kappa shape index (κ2) is 5.87. The highest BCUT2D eigenvalue weighted by molar-refractivity contribution is 5.95. The summed E-state index contributed by atoms with van der Waals surface area (Å²) < 4.78 is 5.18. The summed E-state index contributed by atoms with van der Waals surface area (Å²) >= 11 is 0. The van der Waals surface area contributed by atoms with E-state index in [4.69, 9.17) is 4.74 Å². The van der Waals surface area contributed by atoms with Crippen molar-refractivity contribution in [2.24, 2.45) is 0 Å². The second-order valence-corrected chi connectivity index (χ2v) is 5.76. The van der Waals surface area contributed by atoms with Crippen molar-refractivity contribution in [2.45, 2.75) is 0 Å². The second-order valence-electron chi connectivity index (χ2n) is 5.76. The Morgan fingerprint density at radius 3 is 2.44 bits per heavy atom. The van der Waals surface area contributed by atoms with E-state index in [1.165, 1.54) is 7.11 Å². The molecular weight excluding hydrogens is 316 g/mol. The highest BCUT2D eigenvalue weighted by atomic mass is 16.5. The fourth-order valence-corrected chi connectivity index (χ4v) is 2.90. The summed E-state index contributed by atoms with van der Waals surface area (Å²) in [4.78, 5) is 7.66. The van der Waals surface area contributed by atoms with Crippen molar-refractivity contribution in [3.63, 3.8) is 0 Å². The van der Waals surface area contributed by atoms with Gasteiger partial charge in [-0.3, -0.25) is 0 Å². The number of phenols is 2. The van der Waals surface area contributed by atoms with Gasteiger partial charge in [0.25, 0.3) is 0 Å². The molecule has 0 saturated heterocycles. The van der Waals surface area contributed by atoms with E-state index in [9.17, 15) is 10.2 Å². The van der Waals surface area contributed by atoms with Crippen molar-refractivity contribution < 1.29 is 14.9 Å². The van der Waals surface area contributed by atoms with Crippen LogP contribution in [-0.2, 0) is 0 Å². The Morgan fingerprint density at radius 2 is 1.68 bits per heavy atom. The molecule has 2 aromatic carbocycles. The number of methoxy groups -OCH3 is 1. The molecule has 0 bridgehead atoms. The van der Waals surface area contributed by atoms with Gasteiger partial charge in [0.2, 0.25) is 0 Å². The van der Waals surface area contributed by atoms with Gasteiger partial charge in [0.1, 0.15) is 11.4 Å². The topological polar surface area (TPSA) is 78.4 Å². The standard InChI is InChI=1S/C20H16N2O3/c1-25-19-9-13(4-7-18(19)24)14-8-16-17(11-22-20(16)21-10-14)12-2-5-15(23)6-3-12/h2-11,23-24H,1H3,(H,21,22). The lowest BCUT2D eigenvalue weighted by Gasteiger charge is -2.07. The van der Waals surface area contributed by atoms with Crippen molar-refractivity contribution >= 4 is 11.0 Å². The number of nitrogens with one attached hydrogen (secondary N) is 1. The molecule has 4 rings (SSSR count). The van der Waals surface area contributed by atoms with E-state index in [0.29, 0.717) is 5.75 Å². The summed E-state index contributed by atoms with van der Waals surface area (Å²) in [5, 5.41) is 20.2. The molecule has 5 heteroatoms. The number of rotatable bonds is 3. The van der Waals surface area contributed by atoms with Gasteiger partial charge in [-0.15, -0.1) is 0 Å². The van der Waals surface area contributed by atoms with E-state index < -0.39 is 0 Å². The number of pyridine rings is 1. The molecule has 0 aliphatic rings. The monoisotopic (exact) mass is 332 g/mol. The normalized spacial score (nSPS) is 10.9. The van der Waals surface area contributed by atoms with Gasteiger partial charge in [-0.25, -0.2) is 4.98 Å². The first-order valence-corrected chi connectivity index (χ1v) is 7.79. The number of phenolic OH excluding ortho intramolecular Hbond substituents is 2. The Bertz CT molecular complexity index is 1050. The quantitative estimate of drug-likeness (QED) is 0.522. The number of aromatic hydroxyl groups is 2. The van der Waals surface area contributed by atoms with E-state index >= 15 is 0 Å². The van der Waals surface area contributed by atoms with E-state index in [1.54, 1.807) is 30.5 Å². The van der Waals surface area contributed by atoms with E-state index in [0.717, 1.165) is 33.3 Å². The van der Waals surface area contributed by atoms with Crippen LogP contribution in [0.1, 0.15) is 0 Å². The highest BCUT2D eigenvalue weighted by Gasteiger charge is 2.10. The molecule has 0 radical (unpaired) electrons. The summed E-state index contributed by atoms with van der Waals surface area (Å²) in [6, 6.07) is 14.3. The minimum Gasteiger partial charge on any atom is -0.508 e. The zero-order valence-corrected chi connectivity index (χ0v) is 13.5. The SMILES string of the molecule is COc1cc(-c2cnc3[nH]cc(-c4ccc(O)cc4)c3c2)ccc1O. The van der Waals surface area contributed by atoms with Crippen LogP contribution in [-0.4, -0.2) is 27.3 Å². The third-order valence-corrected chi connectivity index (χ3v) is 4.22. The molecule has 0 fully saturated rings. The number of hydrogen-bond acceptors (Lipinski definition) is 4. The van der Waals surface area contributed by atoms with Gasteiger partial charge in [-0.2, -0.15) is 0 Å². The maximum absolute atomic E-state index is 9.77. The van der Waals surface area contributed by atoms with Gasteiger partial charge in [0, 0.05) is 28.9 Å². The Morgan fingerprint density at radius 1 is 0.920 bits per heavy atom. The first kappa shape index (κ1) is 15.1. The lowest BCUT2D eigenvalue weighted by molar-refractivity contribution is 0.373. The molecular formula is C20H16N2O3. The van der Waals surface area contributed by atoms with Crippen LogP contribution in [0.15, 0.2) is 60.9 Å². The predicted octanol–water partition coefficient (Wildman–Crippen LogP) is 4.32. The smallest absolute Gasteiger partial charge is 0.161 e. The summed E-state index contributed by atoms with van der Waals surface area (Å²) in [6.45, 7) is 0. The maximum atomic E-state index is 9.77. The molecule has 124 valence electrons. The fourth-order valence-electron chi connectivity index (χ4n) is 2.90. The lowest BCUT2D eigenvalue weighted by Crippen LogP contribution is -1.86. The third-order valence-electron chi connectivity index (χ3n) is 4.22. The Balaban J connectivity index is 1.85. The van der Waals surface area contributed by atoms with Crippen molar-refractivity contribution in [2.75, 3.05) is 7.11 Å². The lowest BCUT2D eigenvalue weighted by atomic mass is 10.0.